The van der Waals surface area contributed by atoms with Gasteiger partial charge < -0.3 is 9.84 Å². The molecule has 0 saturated heterocycles. The largest absolute Gasteiger partial charge is 0.480 e. The van der Waals surface area contributed by atoms with Crippen LogP contribution in [0.2, 0.25) is 0 Å². The second kappa shape index (κ2) is 10.5. The van der Waals surface area contributed by atoms with Gasteiger partial charge in [-0.15, -0.1) is 0 Å². The SMILES string of the molecule is O=C(O)[C@H](Cc1ccccc1)N(C(=O)OCC1c2ccccc2-c2ccccc21)c1ccc2ccccc2c1. The van der Waals surface area contributed by atoms with E-state index in [1.54, 1.807) is 6.07 Å². The summed E-state index contributed by atoms with van der Waals surface area (Å²) in [5, 5.41) is 12.2. The van der Waals surface area contributed by atoms with E-state index in [0.717, 1.165) is 38.6 Å². The highest BCUT2D eigenvalue weighted by Gasteiger charge is 2.35. The summed E-state index contributed by atoms with van der Waals surface area (Å²) < 4.78 is 5.96. The summed E-state index contributed by atoms with van der Waals surface area (Å²) in [7, 11) is 0. The van der Waals surface area contributed by atoms with Crippen molar-refractivity contribution in [2.45, 2.75) is 18.4 Å². The van der Waals surface area contributed by atoms with Gasteiger partial charge in [-0.25, -0.2) is 9.59 Å². The Morgan fingerprint density at radius 1 is 0.718 bits per heavy atom. The molecule has 0 bridgehead atoms. The molecule has 5 nitrogen and oxygen atoms in total. The maximum Gasteiger partial charge on any atom is 0.415 e. The highest BCUT2D eigenvalue weighted by atomic mass is 16.6. The standard InChI is InChI=1S/C34H27NO4/c36-33(37)32(20-23-10-2-1-3-11-23)35(26-19-18-24-12-4-5-13-25(24)21-26)34(38)39-22-31-29-16-8-6-14-27(29)28-15-7-9-17-30(28)31/h1-19,21,31-32H,20,22H2,(H,36,37)/t32-/m0/s1. The summed E-state index contributed by atoms with van der Waals surface area (Å²) in [6.45, 7) is 0.106. The van der Waals surface area contributed by atoms with E-state index in [9.17, 15) is 14.7 Å². The molecular weight excluding hydrogens is 486 g/mol. The number of carboxylic acids is 1. The average Bonchev–Trinajstić information content (AvgIpc) is 3.29. The van der Waals surface area contributed by atoms with Gasteiger partial charge in [-0.1, -0.05) is 109 Å². The van der Waals surface area contributed by atoms with Crippen LogP contribution in [0.1, 0.15) is 22.6 Å². The number of nitrogens with zero attached hydrogens (tertiary/aromatic N) is 1. The Kier molecular flexibility index (Phi) is 6.55. The molecule has 5 aromatic rings. The summed E-state index contributed by atoms with van der Waals surface area (Å²) in [6.07, 6.45) is -0.539. The van der Waals surface area contributed by atoms with Gasteiger partial charge >= 0.3 is 12.1 Å². The normalized spacial score (nSPS) is 12.9. The number of aliphatic carboxylic acids is 1. The quantitative estimate of drug-likeness (QED) is 0.248. The van der Waals surface area contributed by atoms with E-state index in [0.29, 0.717) is 5.69 Å². The third-order valence-corrected chi connectivity index (χ3v) is 7.41. The third-order valence-electron chi connectivity index (χ3n) is 7.41. The van der Waals surface area contributed by atoms with Gasteiger partial charge in [0.15, 0.2) is 0 Å². The van der Waals surface area contributed by atoms with E-state index in [1.165, 1.54) is 4.90 Å². The minimum absolute atomic E-state index is 0.106. The van der Waals surface area contributed by atoms with E-state index >= 15 is 0 Å². The fourth-order valence-corrected chi connectivity index (χ4v) is 5.53. The van der Waals surface area contributed by atoms with Crippen molar-refractivity contribution in [3.05, 3.63) is 138 Å². The molecule has 5 heteroatoms. The number of ether oxygens (including phenoxy) is 1. The van der Waals surface area contributed by atoms with Crippen LogP contribution < -0.4 is 4.90 Å². The molecule has 1 atom stereocenters. The molecule has 0 aromatic heterocycles. The molecule has 1 amide bonds. The Bertz CT molecular complexity index is 1620. The molecule has 1 N–H and O–H groups in total. The van der Waals surface area contributed by atoms with E-state index in [4.69, 9.17) is 4.74 Å². The lowest BCUT2D eigenvalue weighted by atomic mass is 9.98. The number of benzene rings is 5. The van der Waals surface area contributed by atoms with Gasteiger partial charge in [0.25, 0.3) is 0 Å². The second-order valence-corrected chi connectivity index (χ2v) is 9.75. The van der Waals surface area contributed by atoms with Gasteiger partial charge in [-0.05, 0) is 50.7 Å². The van der Waals surface area contributed by atoms with Gasteiger partial charge in [0, 0.05) is 18.0 Å². The van der Waals surface area contributed by atoms with Crippen molar-refractivity contribution in [1.82, 2.24) is 0 Å². The predicted molar refractivity (Wildman–Crippen MR) is 153 cm³/mol. The summed E-state index contributed by atoms with van der Waals surface area (Å²) in [5.74, 6) is -1.22. The second-order valence-electron chi connectivity index (χ2n) is 9.75. The molecule has 0 unspecified atom stereocenters. The average molecular weight is 514 g/mol. The first-order valence-corrected chi connectivity index (χ1v) is 13.0. The molecule has 0 spiro atoms. The maximum absolute atomic E-state index is 13.8. The minimum Gasteiger partial charge on any atom is -0.480 e. The van der Waals surface area contributed by atoms with Gasteiger partial charge in [0.2, 0.25) is 0 Å². The number of amides is 1. The molecule has 0 saturated carbocycles. The van der Waals surface area contributed by atoms with E-state index in [2.05, 4.69) is 24.3 Å². The Labute approximate surface area is 226 Å². The fourth-order valence-electron chi connectivity index (χ4n) is 5.53. The van der Waals surface area contributed by atoms with Crippen LogP contribution in [-0.4, -0.2) is 29.8 Å². The summed E-state index contributed by atoms with van der Waals surface area (Å²) in [6, 6.07) is 37.8. The minimum atomic E-state index is -1.15. The van der Waals surface area contributed by atoms with Crippen LogP contribution in [0.15, 0.2) is 121 Å². The molecule has 1 aliphatic carbocycles. The van der Waals surface area contributed by atoms with Crippen LogP contribution in [0.4, 0.5) is 10.5 Å². The number of carbonyl (C=O) groups is 2. The van der Waals surface area contributed by atoms with Crippen LogP contribution >= 0.6 is 0 Å². The number of hydrogen-bond donors (Lipinski definition) is 1. The van der Waals surface area contributed by atoms with Crippen molar-refractivity contribution in [1.29, 1.82) is 0 Å². The Morgan fingerprint density at radius 2 is 1.31 bits per heavy atom. The molecule has 5 aromatic carbocycles. The lowest BCUT2D eigenvalue weighted by Crippen LogP contribution is -2.47. The lowest BCUT2D eigenvalue weighted by Gasteiger charge is -2.29. The van der Waals surface area contributed by atoms with Gasteiger partial charge in [-0.2, -0.15) is 0 Å². The molecule has 0 aliphatic heterocycles. The van der Waals surface area contributed by atoms with Crippen molar-refractivity contribution in [3.63, 3.8) is 0 Å². The zero-order chi connectivity index (χ0) is 26.8. The summed E-state index contributed by atoms with van der Waals surface area (Å²) >= 11 is 0. The predicted octanol–water partition coefficient (Wildman–Crippen LogP) is 7.29. The number of hydrogen-bond acceptors (Lipinski definition) is 3. The van der Waals surface area contributed by atoms with Crippen LogP contribution in [0.3, 0.4) is 0 Å². The topological polar surface area (TPSA) is 66.8 Å². The zero-order valence-electron chi connectivity index (χ0n) is 21.2. The highest BCUT2D eigenvalue weighted by molar-refractivity contribution is 5.98. The van der Waals surface area contributed by atoms with Crippen LogP contribution in [-0.2, 0) is 16.0 Å². The van der Waals surface area contributed by atoms with Crippen LogP contribution in [0.5, 0.6) is 0 Å². The lowest BCUT2D eigenvalue weighted by molar-refractivity contribution is -0.138. The van der Waals surface area contributed by atoms with Crippen molar-refractivity contribution in [2.24, 2.45) is 0 Å². The molecule has 192 valence electrons. The molecule has 6 rings (SSSR count). The number of carboxylic acid groups (broad SMARTS) is 1. The molecule has 39 heavy (non-hydrogen) atoms. The smallest absolute Gasteiger partial charge is 0.415 e. The highest BCUT2D eigenvalue weighted by Crippen LogP contribution is 2.44. The van der Waals surface area contributed by atoms with E-state index in [1.807, 2.05) is 91.0 Å². The van der Waals surface area contributed by atoms with Gasteiger partial charge in [0.1, 0.15) is 12.6 Å². The first-order valence-electron chi connectivity index (χ1n) is 13.0. The van der Waals surface area contributed by atoms with Crippen molar-refractivity contribution < 1.29 is 19.4 Å². The number of carbonyl (C=O) groups excluding carboxylic acids is 1. The maximum atomic E-state index is 13.8. The number of fused-ring (bicyclic) bond motifs is 4. The Balaban J connectivity index is 1.35. The molecular formula is C34H27NO4. The van der Waals surface area contributed by atoms with E-state index in [-0.39, 0.29) is 18.9 Å². The Hall–Kier alpha value is -4.90. The zero-order valence-corrected chi connectivity index (χ0v) is 21.2. The fraction of sp³-hybridized carbons (Fsp3) is 0.118. The molecule has 0 radical (unpaired) electrons. The van der Waals surface area contributed by atoms with E-state index < -0.39 is 18.1 Å². The first kappa shape index (κ1) is 24.4. The van der Waals surface area contributed by atoms with Crippen LogP contribution in [0.25, 0.3) is 21.9 Å². The van der Waals surface area contributed by atoms with Crippen molar-refractivity contribution >= 4 is 28.5 Å². The van der Waals surface area contributed by atoms with Gasteiger partial charge in [-0.3, -0.25) is 4.90 Å². The molecule has 0 heterocycles. The Morgan fingerprint density at radius 3 is 1.97 bits per heavy atom. The van der Waals surface area contributed by atoms with Crippen molar-refractivity contribution in [3.8, 4) is 11.1 Å². The summed E-state index contributed by atoms with van der Waals surface area (Å²) in [5.41, 5.74) is 5.77. The third kappa shape index (κ3) is 4.75. The monoisotopic (exact) mass is 513 g/mol. The molecule has 0 fully saturated rings. The first-order chi connectivity index (χ1) is 19.1. The molecule has 1 aliphatic rings. The van der Waals surface area contributed by atoms with Crippen molar-refractivity contribution in [2.75, 3.05) is 11.5 Å². The van der Waals surface area contributed by atoms with Crippen LogP contribution in [0, 0.1) is 0 Å². The summed E-state index contributed by atoms with van der Waals surface area (Å²) in [4.78, 5) is 27.7. The van der Waals surface area contributed by atoms with Gasteiger partial charge in [0.05, 0.1) is 0 Å². The number of anilines is 1. The number of rotatable bonds is 7.